The monoisotopic (exact) mass is 249 g/mol. The third kappa shape index (κ3) is 2.25. The fraction of sp³-hybridized carbons (Fsp3) is 0.778. The standard InChI is InChI=1S/C9H13F2N3O3/c10-7(11)5-13-4-6-3-12(9(16)17)1-2-14(6)8(13)15/h6-7H,1-5H2,(H,16,17). The first kappa shape index (κ1) is 11.9. The van der Waals surface area contributed by atoms with Crippen molar-refractivity contribution in [3.8, 4) is 0 Å². The molecule has 0 radical (unpaired) electrons. The zero-order chi connectivity index (χ0) is 12.6. The first-order chi connectivity index (χ1) is 7.99. The Morgan fingerprint density at radius 2 is 2.12 bits per heavy atom. The van der Waals surface area contributed by atoms with Gasteiger partial charge in [-0.3, -0.25) is 0 Å². The molecule has 0 saturated carbocycles. The van der Waals surface area contributed by atoms with E-state index in [1.165, 1.54) is 9.80 Å². The Kier molecular flexibility index (Phi) is 3.03. The fourth-order valence-electron chi connectivity index (χ4n) is 2.27. The molecule has 0 aromatic rings. The maximum absolute atomic E-state index is 12.2. The largest absolute Gasteiger partial charge is 0.465 e. The summed E-state index contributed by atoms with van der Waals surface area (Å²) in [4.78, 5) is 26.2. The van der Waals surface area contributed by atoms with Crippen molar-refractivity contribution >= 4 is 12.1 Å². The number of piperazine rings is 1. The van der Waals surface area contributed by atoms with Crippen LogP contribution in [0.15, 0.2) is 0 Å². The van der Waals surface area contributed by atoms with Gasteiger partial charge in [0.15, 0.2) is 0 Å². The molecule has 2 aliphatic rings. The summed E-state index contributed by atoms with van der Waals surface area (Å²) in [5.74, 6) is 0. The highest BCUT2D eigenvalue weighted by atomic mass is 19.3. The predicted molar refractivity (Wildman–Crippen MR) is 53.1 cm³/mol. The molecular formula is C9H13F2N3O3. The summed E-state index contributed by atoms with van der Waals surface area (Å²) in [6, 6.07) is -0.716. The van der Waals surface area contributed by atoms with Crippen molar-refractivity contribution < 1.29 is 23.5 Å². The number of rotatable bonds is 2. The molecule has 2 aliphatic heterocycles. The van der Waals surface area contributed by atoms with Gasteiger partial charge in [0.05, 0.1) is 12.6 Å². The Labute approximate surface area is 96.4 Å². The molecule has 1 atom stereocenters. The summed E-state index contributed by atoms with van der Waals surface area (Å²) < 4.78 is 24.5. The van der Waals surface area contributed by atoms with Crippen molar-refractivity contribution in [1.29, 1.82) is 0 Å². The minimum absolute atomic E-state index is 0.174. The van der Waals surface area contributed by atoms with E-state index in [2.05, 4.69) is 0 Å². The summed E-state index contributed by atoms with van der Waals surface area (Å²) in [5, 5.41) is 8.82. The lowest BCUT2D eigenvalue weighted by Gasteiger charge is -2.34. The lowest BCUT2D eigenvalue weighted by atomic mass is 10.2. The number of carboxylic acid groups (broad SMARTS) is 1. The van der Waals surface area contributed by atoms with Gasteiger partial charge in [0.2, 0.25) is 0 Å². The normalized spacial score (nSPS) is 24.5. The van der Waals surface area contributed by atoms with Gasteiger partial charge in [-0.2, -0.15) is 0 Å². The lowest BCUT2D eigenvalue weighted by molar-refractivity contribution is 0.0991. The van der Waals surface area contributed by atoms with Gasteiger partial charge < -0.3 is 19.8 Å². The van der Waals surface area contributed by atoms with Crippen LogP contribution in [0.4, 0.5) is 18.4 Å². The fourth-order valence-corrected chi connectivity index (χ4v) is 2.27. The van der Waals surface area contributed by atoms with Crippen molar-refractivity contribution in [2.24, 2.45) is 0 Å². The van der Waals surface area contributed by atoms with Crippen LogP contribution in [0.2, 0.25) is 0 Å². The topological polar surface area (TPSA) is 64.1 Å². The number of nitrogens with zero attached hydrogens (tertiary/aromatic N) is 3. The Balaban J connectivity index is 2.00. The van der Waals surface area contributed by atoms with E-state index in [9.17, 15) is 18.4 Å². The SMILES string of the molecule is O=C(O)N1CCN2C(=O)N(CC(F)F)CC2C1. The molecule has 0 aromatic carbocycles. The van der Waals surface area contributed by atoms with Gasteiger partial charge >= 0.3 is 12.1 Å². The van der Waals surface area contributed by atoms with Crippen molar-refractivity contribution in [1.82, 2.24) is 14.7 Å². The second-order valence-corrected chi connectivity index (χ2v) is 4.15. The quantitative estimate of drug-likeness (QED) is 0.768. The van der Waals surface area contributed by atoms with Crippen LogP contribution >= 0.6 is 0 Å². The first-order valence-electron chi connectivity index (χ1n) is 5.30. The van der Waals surface area contributed by atoms with Crippen LogP contribution in [0.1, 0.15) is 0 Å². The molecule has 6 nitrogen and oxygen atoms in total. The minimum Gasteiger partial charge on any atom is -0.465 e. The van der Waals surface area contributed by atoms with Crippen LogP contribution in [0.5, 0.6) is 0 Å². The minimum atomic E-state index is -2.56. The Morgan fingerprint density at radius 3 is 2.71 bits per heavy atom. The van der Waals surface area contributed by atoms with E-state index in [0.717, 1.165) is 4.90 Å². The predicted octanol–water partition coefficient (Wildman–Crippen LogP) is 0.351. The zero-order valence-corrected chi connectivity index (χ0v) is 9.05. The summed E-state index contributed by atoms with van der Waals surface area (Å²) in [5.41, 5.74) is 0. The molecule has 0 bridgehead atoms. The van der Waals surface area contributed by atoms with E-state index in [1.807, 2.05) is 0 Å². The molecule has 2 heterocycles. The highest BCUT2D eigenvalue weighted by molar-refractivity contribution is 5.78. The molecule has 0 spiro atoms. The molecule has 0 aromatic heterocycles. The molecule has 0 aliphatic carbocycles. The van der Waals surface area contributed by atoms with Crippen LogP contribution < -0.4 is 0 Å². The number of hydrogen-bond donors (Lipinski definition) is 1. The van der Waals surface area contributed by atoms with Gasteiger partial charge in [0.1, 0.15) is 0 Å². The average molecular weight is 249 g/mol. The third-order valence-electron chi connectivity index (χ3n) is 3.06. The maximum Gasteiger partial charge on any atom is 0.407 e. The maximum atomic E-state index is 12.2. The molecule has 1 unspecified atom stereocenters. The van der Waals surface area contributed by atoms with Crippen LogP contribution in [0, 0.1) is 0 Å². The van der Waals surface area contributed by atoms with E-state index in [4.69, 9.17) is 5.11 Å². The molecule has 17 heavy (non-hydrogen) atoms. The number of alkyl halides is 2. The van der Waals surface area contributed by atoms with E-state index >= 15 is 0 Å². The highest BCUT2D eigenvalue weighted by Crippen LogP contribution is 2.21. The number of carbonyl (C=O) groups excluding carboxylic acids is 1. The number of amides is 3. The van der Waals surface area contributed by atoms with Crippen molar-refractivity contribution in [2.45, 2.75) is 12.5 Å². The van der Waals surface area contributed by atoms with Gasteiger partial charge in [0, 0.05) is 26.2 Å². The summed E-state index contributed by atoms with van der Waals surface area (Å²) in [6.45, 7) is 0.294. The molecule has 2 fully saturated rings. The Hall–Kier alpha value is -1.60. The summed E-state index contributed by atoms with van der Waals surface area (Å²) in [7, 11) is 0. The van der Waals surface area contributed by atoms with Crippen LogP contribution in [0.3, 0.4) is 0 Å². The van der Waals surface area contributed by atoms with Gasteiger partial charge in [-0.25, -0.2) is 18.4 Å². The number of halogens is 2. The molecule has 2 saturated heterocycles. The summed E-state index contributed by atoms with van der Waals surface area (Å²) in [6.07, 6.45) is -3.60. The molecule has 2 rings (SSSR count). The van der Waals surface area contributed by atoms with Crippen molar-refractivity contribution in [3.63, 3.8) is 0 Å². The van der Waals surface area contributed by atoms with Gasteiger partial charge in [-0.05, 0) is 0 Å². The second-order valence-electron chi connectivity index (χ2n) is 4.15. The van der Waals surface area contributed by atoms with Crippen LogP contribution in [-0.2, 0) is 0 Å². The van der Waals surface area contributed by atoms with Crippen molar-refractivity contribution in [3.05, 3.63) is 0 Å². The summed E-state index contributed by atoms with van der Waals surface area (Å²) >= 11 is 0. The number of hydrogen-bond acceptors (Lipinski definition) is 2. The molecule has 8 heteroatoms. The van der Waals surface area contributed by atoms with Gasteiger partial charge in [-0.15, -0.1) is 0 Å². The van der Waals surface area contributed by atoms with Crippen molar-refractivity contribution in [2.75, 3.05) is 32.7 Å². The number of carbonyl (C=O) groups is 2. The van der Waals surface area contributed by atoms with Crippen LogP contribution in [-0.4, -0.2) is 77.1 Å². The van der Waals surface area contributed by atoms with E-state index in [-0.39, 0.29) is 32.2 Å². The van der Waals surface area contributed by atoms with Gasteiger partial charge in [0.25, 0.3) is 6.43 Å². The molecule has 1 N–H and O–H groups in total. The average Bonchev–Trinajstić information content (AvgIpc) is 2.54. The van der Waals surface area contributed by atoms with E-state index in [1.54, 1.807) is 0 Å². The van der Waals surface area contributed by atoms with E-state index in [0.29, 0.717) is 0 Å². The lowest BCUT2D eigenvalue weighted by Crippen LogP contribution is -2.53. The Morgan fingerprint density at radius 1 is 1.41 bits per heavy atom. The van der Waals surface area contributed by atoms with Gasteiger partial charge in [-0.1, -0.05) is 0 Å². The van der Waals surface area contributed by atoms with E-state index < -0.39 is 25.1 Å². The highest BCUT2D eigenvalue weighted by Gasteiger charge is 2.42. The number of fused-ring (bicyclic) bond motifs is 1. The smallest absolute Gasteiger partial charge is 0.407 e. The first-order valence-corrected chi connectivity index (χ1v) is 5.30. The Bertz CT molecular complexity index is 339. The zero-order valence-electron chi connectivity index (χ0n) is 9.05. The van der Waals surface area contributed by atoms with Crippen LogP contribution in [0.25, 0.3) is 0 Å². The third-order valence-corrected chi connectivity index (χ3v) is 3.06. The molecular weight excluding hydrogens is 236 g/mol. The number of urea groups is 1. The second kappa shape index (κ2) is 4.34. The molecule has 96 valence electrons. The molecule has 3 amide bonds.